The molecule has 0 spiro atoms. The van der Waals surface area contributed by atoms with E-state index in [4.69, 9.17) is 4.74 Å². The molecule has 0 aliphatic carbocycles. The van der Waals surface area contributed by atoms with Gasteiger partial charge in [-0.1, -0.05) is 19.4 Å². The molecule has 1 rings (SSSR count). The van der Waals surface area contributed by atoms with E-state index in [1.54, 1.807) is 18.2 Å². The Balaban J connectivity index is 2.73. The van der Waals surface area contributed by atoms with Crippen LogP contribution in [0.25, 0.3) is 0 Å². The highest BCUT2D eigenvalue weighted by Gasteiger charge is 2.11. The number of ether oxygens (including phenoxy) is 2. The van der Waals surface area contributed by atoms with Crippen LogP contribution >= 0.6 is 0 Å². The molecule has 0 amide bonds. The molecule has 0 heterocycles. The first kappa shape index (κ1) is 11.6. The molecule has 0 bridgehead atoms. The van der Waals surface area contributed by atoms with E-state index in [9.17, 15) is 4.79 Å². The molecule has 0 saturated heterocycles. The van der Waals surface area contributed by atoms with E-state index < -0.39 is 5.97 Å². The van der Waals surface area contributed by atoms with Gasteiger partial charge in [0.15, 0.2) is 0 Å². The van der Waals surface area contributed by atoms with Gasteiger partial charge in [-0.25, -0.2) is 4.79 Å². The fourth-order valence-corrected chi connectivity index (χ4v) is 1.14. The molecule has 0 aliphatic rings. The summed E-state index contributed by atoms with van der Waals surface area (Å²) < 4.78 is 10.1. The van der Waals surface area contributed by atoms with Gasteiger partial charge in [0.05, 0.1) is 13.7 Å². The largest absolute Gasteiger partial charge is 0.493 e. The topological polar surface area (TPSA) is 35.5 Å². The number of carbonyl (C=O) groups excluding carboxylic acids is 1. The molecule has 0 fully saturated rings. The number of rotatable bonds is 5. The minimum absolute atomic E-state index is 0.390. The van der Waals surface area contributed by atoms with E-state index in [1.807, 2.05) is 0 Å². The standard InChI is InChI=1S/C12H15O3/c1-3-4-9-15-11-8-6-5-7-10(11)12(13)14-2/h6-8H,3-4,9H2,1-2H3. The summed E-state index contributed by atoms with van der Waals surface area (Å²) >= 11 is 0. The van der Waals surface area contributed by atoms with Crippen molar-refractivity contribution in [3.8, 4) is 5.75 Å². The maximum atomic E-state index is 11.3. The molecule has 0 aromatic heterocycles. The second-order valence-electron chi connectivity index (χ2n) is 3.12. The number of esters is 1. The van der Waals surface area contributed by atoms with Gasteiger partial charge >= 0.3 is 5.97 Å². The van der Waals surface area contributed by atoms with Crippen molar-refractivity contribution in [2.45, 2.75) is 19.8 Å². The van der Waals surface area contributed by atoms with Crippen LogP contribution in [0.1, 0.15) is 30.1 Å². The molecular weight excluding hydrogens is 192 g/mol. The van der Waals surface area contributed by atoms with Crippen LogP contribution in [-0.4, -0.2) is 19.7 Å². The highest BCUT2D eigenvalue weighted by molar-refractivity contribution is 5.92. The predicted octanol–water partition coefficient (Wildman–Crippen LogP) is 2.45. The highest BCUT2D eigenvalue weighted by atomic mass is 16.5. The quantitative estimate of drug-likeness (QED) is 0.549. The van der Waals surface area contributed by atoms with Crippen molar-refractivity contribution in [1.82, 2.24) is 0 Å². The highest BCUT2D eigenvalue weighted by Crippen LogP contribution is 2.18. The molecule has 81 valence electrons. The van der Waals surface area contributed by atoms with Crippen molar-refractivity contribution in [3.05, 3.63) is 29.8 Å². The fraction of sp³-hybridized carbons (Fsp3) is 0.417. The molecule has 1 aromatic carbocycles. The number of carbonyl (C=O) groups is 1. The zero-order chi connectivity index (χ0) is 11.1. The Kier molecular flexibility index (Phi) is 4.68. The molecule has 0 N–H and O–H groups in total. The van der Waals surface area contributed by atoms with Gasteiger partial charge in [0.2, 0.25) is 0 Å². The Hall–Kier alpha value is -1.51. The van der Waals surface area contributed by atoms with E-state index in [0.29, 0.717) is 17.9 Å². The lowest BCUT2D eigenvalue weighted by atomic mass is 10.2. The summed E-state index contributed by atoms with van der Waals surface area (Å²) in [7, 11) is 1.35. The summed E-state index contributed by atoms with van der Waals surface area (Å²) in [5.41, 5.74) is 0.427. The van der Waals surface area contributed by atoms with Crippen molar-refractivity contribution < 1.29 is 14.3 Å². The van der Waals surface area contributed by atoms with Crippen LogP contribution in [0.5, 0.6) is 5.75 Å². The minimum Gasteiger partial charge on any atom is -0.493 e. The Morgan fingerprint density at radius 1 is 1.53 bits per heavy atom. The first-order valence-electron chi connectivity index (χ1n) is 5.00. The second kappa shape index (κ2) is 6.06. The predicted molar refractivity (Wildman–Crippen MR) is 57.0 cm³/mol. The SMILES string of the molecule is CCCCOc1cc[c]cc1C(=O)OC. The summed E-state index contributed by atoms with van der Waals surface area (Å²) in [4.78, 5) is 11.3. The Morgan fingerprint density at radius 3 is 3.00 bits per heavy atom. The van der Waals surface area contributed by atoms with E-state index in [0.717, 1.165) is 12.8 Å². The van der Waals surface area contributed by atoms with Gasteiger partial charge in [0.1, 0.15) is 11.3 Å². The second-order valence-corrected chi connectivity index (χ2v) is 3.12. The lowest BCUT2D eigenvalue weighted by Gasteiger charge is -2.08. The van der Waals surface area contributed by atoms with Gasteiger partial charge in [-0.3, -0.25) is 0 Å². The van der Waals surface area contributed by atoms with Gasteiger partial charge in [0.25, 0.3) is 0 Å². The maximum Gasteiger partial charge on any atom is 0.341 e. The van der Waals surface area contributed by atoms with Crippen LogP contribution in [0.4, 0.5) is 0 Å². The molecular formula is C12H15O3. The number of hydrogen-bond donors (Lipinski definition) is 0. The molecule has 0 aliphatic heterocycles. The number of hydrogen-bond acceptors (Lipinski definition) is 3. The zero-order valence-corrected chi connectivity index (χ0v) is 9.08. The van der Waals surface area contributed by atoms with Gasteiger partial charge in [-0.15, -0.1) is 0 Å². The summed E-state index contributed by atoms with van der Waals surface area (Å²) in [5.74, 6) is 0.174. The third kappa shape index (κ3) is 3.27. The lowest BCUT2D eigenvalue weighted by molar-refractivity contribution is 0.0596. The van der Waals surface area contributed by atoms with Crippen LogP contribution in [0.15, 0.2) is 18.2 Å². The molecule has 3 nitrogen and oxygen atoms in total. The third-order valence-electron chi connectivity index (χ3n) is 1.98. The monoisotopic (exact) mass is 207 g/mol. The molecule has 0 saturated carbocycles. The number of benzene rings is 1. The number of methoxy groups -OCH3 is 1. The van der Waals surface area contributed by atoms with Gasteiger partial charge in [-0.2, -0.15) is 0 Å². The zero-order valence-electron chi connectivity index (χ0n) is 9.08. The van der Waals surface area contributed by atoms with Crippen molar-refractivity contribution in [2.75, 3.05) is 13.7 Å². The Morgan fingerprint density at radius 2 is 2.33 bits per heavy atom. The van der Waals surface area contributed by atoms with Crippen molar-refractivity contribution in [3.63, 3.8) is 0 Å². The Labute approximate surface area is 90.0 Å². The lowest BCUT2D eigenvalue weighted by Crippen LogP contribution is -2.06. The van der Waals surface area contributed by atoms with Crippen molar-refractivity contribution >= 4 is 5.97 Å². The van der Waals surface area contributed by atoms with Gasteiger partial charge in [-0.05, 0) is 24.6 Å². The van der Waals surface area contributed by atoms with Crippen LogP contribution in [0.3, 0.4) is 0 Å². The summed E-state index contributed by atoms with van der Waals surface area (Å²) in [5, 5.41) is 0. The molecule has 1 aromatic rings. The van der Waals surface area contributed by atoms with Gasteiger partial charge < -0.3 is 9.47 Å². The normalized spacial score (nSPS) is 9.73. The van der Waals surface area contributed by atoms with Gasteiger partial charge in [0, 0.05) is 0 Å². The van der Waals surface area contributed by atoms with Crippen molar-refractivity contribution in [1.29, 1.82) is 0 Å². The number of unbranched alkanes of at least 4 members (excludes halogenated alkanes) is 1. The van der Waals surface area contributed by atoms with Crippen LogP contribution < -0.4 is 4.74 Å². The average molecular weight is 207 g/mol. The smallest absolute Gasteiger partial charge is 0.341 e. The first-order chi connectivity index (χ1) is 7.29. The van der Waals surface area contributed by atoms with E-state index in [1.165, 1.54) is 7.11 Å². The molecule has 3 heteroatoms. The Bertz CT molecular complexity index is 320. The maximum absolute atomic E-state index is 11.3. The van der Waals surface area contributed by atoms with E-state index in [-0.39, 0.29) is 0 Å². The summed E-state index contributed by atoms with van der Waals surface area (Å²) in [6, 6.07) is 7.84. The first-order valence-corrected chi connectivity index (χ1v) is 5.00. The summed E-state index contributed by atoms with van der Waals surface area (Å²) in [6.45, 7) is 2.70. The summed E-state index contributed by atoms with van der Waals surface area (Å²) in [6.07, 6.45) is 2.03. The molecule has 0 atom stereocenters. The average Bonchev–Trinajstić information content (AvgIpc) is 2.29. The molecule has 1 radical (unpaired) electrons. The van der Waals surface area contributed by atoms with E-state index in [2.05, 4.69) is 17.7 Å². The van der Waals surface area contributed by atoms with E-state index >= 15 is 0 Å². The van der Waals surface area contributed by atoms with Crippen molar-refractivity contribution in [2.24, 2.45) is 0 Å². The fourth-order valence-electron chi connectivity index (χ4n) is 1.14. The molecule has 15 heavy (non-hydrogen) atoms. The van der Waals surface area contributed by atoms with Crippen LogP contribution in [0.2, 0.25) is 0 Å². The minimum atomic E-state index is -0.390. The molecule has 0 unspecified atom stereocenters. The van der Waals surface area contributed by atoms with Crippen LogP contribution in [0, 0.1) is 6.07 Å². The third-order valence-corrected chi connectivity index (χ3v) is 1.98. The van der Waals surface area contributed by atoms with Crippen LogP contribution in [-0.2, 0) is 4.74 Å².